The van der Waals surface area contributed by atoms with Crippen LogP contribution in [0.2, 0.25) is 0 Å². The van der Waals surface area contributed by atoms with Gasteiger partial charge < -0.3 is 19.2 Å². The number of likely N-dealkylation sites (N-methyl/N-ethyl adjacent to an activating group) is 1. The molecule has 31 heavy (non-hydrogen) atoms. The smallest absolute Gasteiger partial charge is 0.192 e. The second-order valence-corrected chi connectivity index (χ2v) is 8.42. The monoisotopic (exact) mass is 438 g/mol. The molecule has 1 aliphatic rings. The SMILES string of the molecule is COc1ccc(/C=N/OCc2nc3c4c5c(sc4ncn3n2)CN(C)CC5)cc1OC. The van der Waals surface area contributed by atoms with Crippen LogP contribution in [-0.4, -0.2) is 58.5 Å². The van der Waals surface area contributed by atoms with Gasteiger partial charge in [0, 0.05) is 23.5 Å². The van der Waals surface area contributed by atoms with Crippen molar-refractivity contribution >= 4 is 33.4 Å². The number of fused-ring (bicyclic) bond motifs is 5. The molecule has 0 saturated heterocycles. The van der Waals surface area contributed by atoms with E-state index in [1.165, 1.54) is 10.4 Å². The maximum Gasteiger partial charge on any atom is 0.192 e. The number of thiophene rings is 1. The van der Waals surface area contributed by atoms with Crippen molar-refractivity contribution in [2.24, 2.45) is 5.16 Å². The molecule has 3 aromatic heterocycles. The number of nitrogens with zero attached hydrogens (tertiary/aromatic N) is 6. The normalized spacial score (nSPS) is 14.4. The Hall–Kier alpha value is -3.24. The molecule has 0 atom stereocenters. The van der Waals surface area contributed by atoms with Crippen molar-refractivity contribution in [2.75, 3.05) is 27.8 Å². The molecule has 1 aliphatic heterocycles. The van der Waals surface area contributed by atoms with E-state index in [9.17, 15) is 0 Å². The van der Waals surface area contributed by atoms with Crippen molar-refractivity contribution in [3.63, 3.8) is 0 Å². The molecule has 10 heteroatoms. The molecule has 0 bridgehead atoms. The summed E-state index contributed by atoms with van der Waals surface area (Å²) in [7, 11) is 5.34. The highest BCUT2D eigenvalue weighted by atomic mass is 32.1. The molecule has 0 unspecified atom stereocenters. The zero-order chi connectivity index (χ0) is 21.4. The summed E-state index contributed by atoms with van der Waals surface area (Å²) in [6, 6.07) is 5.52. The second-order valence-electron chi connectivity index (χ2n) is 7.33. The number of methoxy groups -OCH3 is 2. The highest BCUT2D eigenvalue weighted by Crippen LogP contribution is 2.35. The Kier molecular flexibility index (Phi) is 5.16. The van der Waals surface area contributed by atoms with Crippen LogP contribution < -0.4 is 9.47 Å². The van der Waals surface area contributed by atoms with Crippen LogP contribution in [-0.2, 0) is 24.4 Å². The molecule has 0 amide bonds. The zero-order valence-electron chi connectivity index (χ0n) is 17.5. The summed E-state index contributed by atoms with van der Waals surface area (Å²) in [6.07, 6.45) is 4.33. The van der Waals surface area contributed by atoms with Gasteiger partial charge in [0.1, 0.15) is 11.2 Å². The van der Waals surface area contributed by atoms with E-state index in [4.69, 9.17) is 19.3 Å². The van der Waals surface area contributed by atoms with E-state index in [0.29, 0.717) is 17.3 Å². The van der Waals surface area contributed by atoms with Gasteiger partial charge in [0.15, 0.2) is 29.6 Å². The number of hydrogen-bond donors (Lipinski definition) is 0. The molecule has 4 heterocycles. The molecule has 0 radical (unpaired) electrons. The Morgan fingerprint density at radius 3 is 2.94 bits per heavy atom. The van der Waals surface area contributed by atoms with Gasteiger partial charge in [-0.05, 0) is 37.2 Å². The lowest BCUT2D eigenvalue weighted by Gasteiger charge is -2.21. The van der Waals surface area contributed by atoms with Gasteiger partial charge in [0.25, 0.3) is 0 Å². The second kappa shape index (κ2) is 8.12. The lowest BCUT2D eigenvalue weighted by Crippen LogP contribution is -2.25. The number of oxime groups is 1. The van der Waals surface area contributed by atoms with Crippen molar-refractivity contribution in [1.29, 1.82) is 0 Å². The maximum atomic E-state index is 5.44. The summed E-state index contributed by atoms with van der Waals surface area (Å²) in [5.74, 6) is 1.86. The van der Waals surface area contributed by atoms with Gasteiger partial charge in [-0.25, -0.2) is 14.5 Å². The Labute approximate surface area is 182 Å². The zero-order valence-corrected chi connectivity index (χ0v) is 18.3. The van der Waals surface area contributed by atoms with Crippen molar-refractivity contribution < 1.29 is 14.3 Å². The molecular weight excluding hydrogens is 416 g/mol. The minimum Gasteiger partial charge on any atom is -0.493 e. The van der Waals surface area contributed by atoms with Crippen LogP contribution in [0.5, 0.6) is 11.5 Å². The van der Waals surface area contributed by atoms with Gasteiger partial charge >= 0.3 is 0 Å². The van der Waals surface area contributed by atoms with E-state index in [-0.39, 0.29) is 6.61 Å². The van der Waals surface area contributed by atoms with Crippen LogP contribution in [0.15, 0.2) is 29.7 Å². The first-order valence-electron chi connectivity index (χ1n) is 9.86. The minimum absolute atomic E-state index is 0.169. The van der Waals surface area contributed by atoms with Crippen LogP contribution in [0.4, 0.5) is 0 Å². The predicted molar refractivity (Wildman–Crippen MR) is 118 cm³/mol. The third-order valence-corrected chi connectivity index (χ3v) is 6.41. The van der Waals surface area contributed by atoms with E-state index in [1.807, 2.05) is 18.2 Å². The molecule has 0 spiro atoms. The lowest BCUT2D eigenvalue weighted by atomic mass is 10.1. The Balaban J connectivity index is 1.34. The van der Waals surface area contributed by atoms with Crippen LogP contribution in [0.3, 0.4) is 0 Å². The van der Waals surface area contributed by atoms with Crippen LogP contribution >= 0.6 is 11.3 Å². The first kappa shape index (κ1) is 19.7. The first-order valence-corrected chi connectivity index (χ1v) is 10.7. The van der Waals surface area contributed by atoms with Crippen LogP contribution in [0.1, 0.15) is 21.8 Å². The van der Waals surface area contributed by atoms with Crippen molar-refractivity contribution in [3.8, 4) is 11.5 Å². The van der Waals surface area contributed by atoms with E-state index in [1.54, 1.807) is 42.6 Å². The van der Waals surface area contributed by atoms with Gasteiger partial charge in [0.05, 0.1) is 25.8 Å². The predicted octanol–water partition coefficient (Wildman–Crippen LogP) is 2.89. The molecule has 160 valence electrons. The number of aromatic nitrogens is 4. The largest absolute Gasteiger partial charge is 0.493 e. The fourth-order valence-corrected chi connectivity index (χ4v) is 5.01. The molecule has 0 saturated carbocycles. The summed E-state index contributed by atoms with van der Waals surface area (Å²) in [5, 5.41) is 9.66. The first-order chi connectivity index (χ1) is 15.2. The van der Waals surface area contributed by atoms with Crippen LogP contribution in [0.25, 0.3) is 15.9 Å². The summed E-state index contributed by atoms with van der Waals surface area (Å²) in [4.78, 5) is 19.4. The third kappa shape index (κ3) is 3.68. The molecule has 0 aliphatic carbocycles. The minimum atomic E-state index is 0.169. The summed E-state index contributed by atoms with van der Waals surface area (Å²) >= 11 is 1.74. The lowest BCUT2D eigenvalue weighted by molar-refractivity contribution is 0.126. The summed E-state index contributed by atoms with van der Waals surface area (Å²) < 4.78 is 12.3. The standard InChI is InChI=1S/C21H22N6O3S/c1-26-7-6-14-17(10-26)31-21-19(14)20-24-18(25-27(20)12-22-21)11-30-23-9-13-4-5-15(28-2)16(8-13)29-3/h4-5,8-9,12H,6-7,10-11H2,1-3H3/b23-9+. The Morgan fingerprint density at radius 2 is 2.10 bits per heavy atom. The number of rotatable bonds is 6. The van der Waals surface area contributed by atoms with Gasteiger partial charge in [0.2, 0.25) is 0 Å². The number of benzene rings is 1. The van der Waals surface area contributed by atoms with E-state index < -0.39 is 0 Å². The highest BCUT2D eigenvalue weighted by Gasteiger charge is 2.22. The van der Waals surface area contributed by atoms with Crippen LogP contribution in [0, 0.1) is 0 Å². The maximum absolute atomic E-state index is 5.44. The molecule has 9 nitrogen and oxygen atoms in total. The summed E-state index contributed by atoms with van der Waals surface area (Å²) in [5.41, 5.74) is 3.01. The fraction of sp³-hybridized carbons (Fsp3) is 0.333. The fourth-order valence-electron chi connectivity index (χ4n) is 3.75. The average molecular weight is 439 g/mol. The Morgan fingerprint density at radius 1 is 1.23 bits per heavy atom. The van der Waals surface area contributed by atoms with E-state index in [2.05, 4.69) is 27.2 Å². The van der Waals surface area contributed by atoms with Crippen molar-refractivity contribution in [3.05, 3.63) is 46.4 Å². The molecule has 0 fully saturated rings. The van der Waals surface area contributed by atoms with Gasteiger partial charge in [-0.1, -0.05) is 5.16 Å². The van der Waals surface area contributed by atoms with Gasteiger partial charge in [-0.3, -0.25) is 0 Å². The van der Waals surface area contributed by atoms with Crippen molar-refractivity contribution in [2.45, 2.75) is 19.6 Å². The molecule has 0 N–H and O–H groups in total. The topological polar surface area (TPSA) is 86.4 Å². The Bertz CT molecular complexity index is 1280. The quantitative estimate of drug-likeness (QED) is 0.338. The molecule has 5 rings (SSSR count). The average Bonchev–Trinajstić information content (AvgIpc) is 3.36. The molecular formula is C21H22N6O3S. The van der Waals surface area contributed by atoms with Gasteiger partial charge in [-0.15, -0.1) is 16.4 Å². The van der Waals surface area contributed by atoms with E-state index in [0.717, 1.165) is 40.9 Å². The third-order valence-electron chi connectivity index (χ3n) is 5.29. The molecule has 4 aromatic rings. The molecule has 1 aromatic carbocycles. The number of hydrogen-bond acceptors (Lipinski definition) is 9. The highest BCUT2D eigenvalue weighted by molar-refractivity contribution is 7.19. The number of ether oxygens (including phenoxy) is 2. The van der Waals surface area contributed by atoms with E-state index >= 15 is 0 Å². The van der Waals surface area contributed by atoms with Crippen molar-refractivity contribution in [1.82, 2.24) is 24.5 Å². The summed E-state index contributed by atoms with van der Waals surface area (Å²) in [6.45, 7) is 2.16. The van der Waals surface area contributed by atoms with Gasteiger partial charge in [-0.2, -0.15) is 0 Å².